The molecule has 1 heterocycles. The first-order valence-electron chi connectivity index (χ1n) is 7.69. The lowest BCUT2D eigenvalue weighted by Gasteiger charge is -2.16. The third kappa shape index (κ3) is 3.90. The predicted molar refractivity (Wildman–Crippen MR) is 85.7 cm³/mol. The summed E-state index contributed by atoms with van der Waals surface area (Å²) in [7, 11) is 1.11. The first-order valence-corrected chi connectivity index (χ1v) is 7.69. The molecule has 0 aromatic heterocycles. The van der Waals surface area contributed by atoms with Gasteiger partial charge in [-0.15, -0.1) is 0 Å². The molecular formula is C17H18N2O6. The van der Waals surface area contributed by atoms with Gasteiger partial charge in [0.1, 0.15) is 0 Å². The van der Waals surface area contributed by atoms with Crippen molar-refractivity contribution in [2.45, 2.75) is 25.8 Å². The van der Waals surface area contributed by atoms with E-state index in [4.69, 9.17) is 0 Å². The zero-order valence-electron chi connectivity index (χ0n) is 13.9. The van der Waals surface area contributed by atoms with Crippen molar-refractivity contribution < 1.29 is 28.7 Å². The molecule has 2 rings (SSSR count). The molecule has 1 aliphatic rings. The molecule has 1 aromatic carbocycles. The Balaban J connectivity index is 1.95. The Labute approximate surface area is 144 Å². The molecule has 132 valence electrons. The first kappa shape index (κ1) is 18.3. The van der Waals surface area contributed by atoms with E-state index < -0.39 is 35.5 Å². The van der Waals surface area contributed by atoms with Crippen LogP contribution in [-0.2, 0) is 19.1 Å². The van der Waals surface area contributed by atoms with Crippen molar-refractivity contribution in [3.63, 3.8) is 0 Å². The van der Waals surface area contributed by atoms with Crippen LogP contribution < -0.4 is 5.32 Å². The Morgan fingerprint density at radius 2 is 1.68 bits per heavy atom. The maximum atomic E-state index is 12.2. The summed E-state index contributed by atoms with van der Waals surface area (Å²) >= 11 is 0. The molecule has 1 aliphatic heterocycles. The van der Waals surface area contributed by atoms with E-state index in [9.17, 15) is 24.0 Å². The number of imide groups is 1. The predicted octanol–water partition coefficient (Wildman–Crippen LogP) is 0.310. The topological polar surface area (TPSA) is 110 Å². The molecule has 0 saturated carbocycles. The van der Waals surface area contributed by atoms with E-state index in [1.54, 1.807) is 24.3 Å². The number of benzene rings is 1. The number of hydrogen-bond donors (Lipinski definition) is 1. The third-order valence-corrected chi connectivity index (χ3v) is 3.79. The maximum absolute atomic E-state index is 12.2. The van der Waals surface area contributed by atoms with Gasteiger partial charge < -0.3 is 10.1 Å². The molecule has 1 aromatic rings. The number of amides is 3. The average molecular weight is 346 g/mol. The minimum Gasteiger partial charge on any atom is -0.467 e. The minimum absolute atomic E-state index is 0.0477. The molecule has 1 atom stereocenters. The minimum atomic E-state index is -1.38. The van der Waals surface area contributed by atoms with Gasteiger partial charge in [0, 0.05) is 19.9 Å². The Hall–Kier alpha value is -3.03. The van der Waals surface area contributed by atoms with E-state index in [2.05, 4.69) is 10.1 Å². The fraction of sp³-hybridized carbons (Fsp3) is 0.353. The van der Waals surface area contributed by atoms with Crippen molar-refractivity contribution in [1.82, 2.24) is 10.2 Å². The van der Waals surface area contributed by atoms with Gasteiger partial charge in [-0.1, -0.05) is 12.1 Å². The molecule has 0 radical (unpaired) electrons. The summed E-state index contributed by atoms with van der Waals surface area (Å²) < 4.78 is 4.50. The van der Waals surface area contributed by atoms with Crippen LogP contribution in [0.15, 0.2) is 24.3 Å². The van der Waals surface area contributed by atoms with Gasteiger partial charge in [0.05, 0.1) is 18.2 Å². The fourth-order valence-electron chi connectivity index (χ4n) is 2.59. The summed E-state index contributed by atoms with van der Waals surface area (Å²) in [5.41, 5.74) is 0.675. The Kier molecular flexibility index (Phi) is 5.63. The second-order valence-electron chi connectivity index (χ2n) is 5.53. The number of nitrogens with zero attached hydrogens (tertiary/aromatic N) is 1. The van der Waals surface area contributed by atoms with E-state index in [0.717, 1.165) is 12.0 Å². The highest BCUT2D eigenvalue weighted by Crippen LogP contribution is 2.22. The Morgan fingerprint density at radius 1 is 1.12 bits per heavy atom. The molecule has 8 heteroatoms. The van der Waals surface area contributed by atoms with Gasteiger partial charge in [0.15, 0.2) is 11.8 Å². The van der Waals surface area contributed by atoms with E-state index in [1.165, 1.54) is 6.92 Å². The third-order valence-electron chi connectivity index (χ3n) is 3.79. The summed E-state index contributed by atoms with van der Waals surface area (Å²) in [4.78, 5) is 60.3. The van der Waals surface area contributed by atoms with Gasteiger partial charge in [-0.3, -0.25) is 24.1 Å². The van der Waals surface area contributed by atoms with Crippen LogP contribution in [0.3, 0.4) is 0 Å². The second kappa shape index (κ2) is 7.69. The molecular weight excluding hydrogens is 328 g/mol. The summed E-state index contributed by atoms with van der Waals surface area (Å²) in [6.45, 7) is 1.23. The highest BCUT2D eigenvalue weighted by atomic mass is 16.5. The van der Waals surface area contributed by atoms with Crippen molar-refractivity contribution in [3.8, 4) is 0 Å². The van der Waals surface area contributed by atoms with Crippen molar-refractivity contribution in [3.05, 3.63) is 35.4 Å². The number of esters is 1. The number of carbonyl (C=O) groups excluding carboxylic acids is 5. The lowest BCUT2D eigenvalue weighted by molar-refractivity contribution is -0.148. The molecule has 0 saturated heterocycles. The SMILES string of the molecule is COC(=O)C(NC(C)=O)C(=O)CCCN1C(=O)c2ccccc2C1=O. The molecule has 0 fully saturated rings. The number of fused-ring (bicyclic) bond motifs is 1. The first-order chi connectivity index (χ1) is 11.9. The van der Waals surface area contributed by atoms with Gasteiger partial charge in [0.25, 0.3) is 11.8 Å². The van der Waals surface area contributed by atoms with Gasteiger partial charge >= 0.3 is 5.97 Å². The van der Waals surface area contributed by atoms with Crippen molar-refractivity contribution in [2.24, 2.45) is 0 Å². The molecule has 3 amide bonds. The molecule has 0 spiro atoms. The van der Waals surface area contributed by atoms with E-state index >= 15 is 0 Å². The zero-order chi connectivity index (χ0) is 18.6. The van der Waals surface area contributed by atoms with Crippen LogP contribution in [0.25, 0.3) is 0 Å². The number of hydrogen-bond acceptors (Lipinski definition) is 6. The highest BCUT2D eigenvalue weighted by molar-refractivity contribution is 6.21. The summed E-state index contributed by atoms with van der Waals surface area (Å²) in [5.74, 6) is -2.75. The van der Waals surface area contributed by atoms with Crippen LogP contribution in [0.4, 0.5) is 0 Å². The largest absolute Gasteiger partial charge is 0.467 e. The number of rotatable bonds is 7. The van der Waals surface area contributed by atoms with Crippen molar-refractivity contribution in [1.29, 1.82) is 0 Å². The number of ketones is 1. The standard InChI is InChI=1S/C17H18N2O6/c1-10(20)18-14(17(24)25-2)13(21)8-5-9-19-15(22)11-6-3-4-7-12(11)16(19)23/h3-4,6-7,14H,5,8-9H2,1-2H3,(H,18,20). The van der Waals surface area contributed by atoms with E-state index in [0.29, 0.717) is 11.1 Å². The van der Waals surface area contributed by atoms with Crippen molar-refractivity contribution in [2.75, 3.05) is 13.7 Å². The van der Waals surface area contributed by atoms with Crippen LogP contribution in [0.2, 0.25) is 0 Å². The van der Waals surface area contributed by atoms with E-state index in [1.807, 2.05) is 0 Å². The summed E-state index contributed by atoms with van der Waals surface area (Å²) in [5, 5.41) is 2.23. The smallest absolute Gasteiger partial charge is 0.336 e. The molecule has 8 nitrogen and oxygen atoms in total. The zero-order valence-corrected chi connectivity index (χ0v) is 13.9. The van der Waals surface area contributed by atoms with E-state index in [-0.39, 0.29) is 19.4 Å². The molecule has 25 heavy (non-hydrogen) atoms. The number of ether oxygens (including phenoxy) is 1. The van der Waals surface area contributed by atoms with Gasteiger partial charge in [-0.05, 0) is 18.6 Å². The van der Waals surface area contributed by atoms with Crippen LogP contribution >= 0.6 is 0 Å². The molecule has 1 N–H and O–H groups in total. The quantitative estimate of drug-likeness (QED) is 0.432. The van der Waals surface area contributed by atoms with Crippen LogP contribution in [0, 0.1) is 0 Å². The summed E-state index contributed by atoms with van der Waals surface area (Å²) in [6.07, 6.45) is 0.0881. The lowest BCUT2D eigenvalue weighted by atomic mass is 10.1. The molecule has 0 aliphatic carbocycles. The average Bonchev–Trinajstić information content (AvgIpc) is 2.84. The Morgan fingerprint density at radius 3 is 2.16 bits per heavy atom. The highest BCUT2D eigenvalue weighted by Gasteiger charge is 2.35. The Bertz CT molecular complexity index is 707. The number of carbonyl (C=O) groups is 5. The number of Topliss-reactive ketones (excluding diaryl/α,β-unsaturated/α-hetero) is 1. The van der Waals surface area contributed by atoms with Crippen LogP contribution in [0.1, 0.15) is 40.5 Å². The van der Waals surface area contributed by atoms with Gasteiger partial charge in [-0.25, -0.2) is 4.79 Å². The number of nitrogens with one attached hydrogen (secondary N) is 1. The lowest BCUT2D eigenvalue weighted by Crippen LogP contribution is -2.46. The summed E-state index contributed by atoms with van der Waals surface area (Å²) in [6, 6.07) is 5.11. The second-order valence-corrected chi connectivity index (χ2v) is 5.53. The van der Waals surface area contributed by atoms with Crippen LogP contribution in [0.5, 0.6) is 0 Å². The fourth-order valence-corrected chi connectivity index (χ4v) is 2.59. The van der Waals surface area contributed by atoms with Gasteiger partial charge in [0.2, 0.25) is 5.91 Å². The monoisotopic (exact) mass is 346 g/mol. The van der Waals surface area contributed by atoms with Gasteiger partial charge in [-0.2, -0.15) is 0 Å². The maximum Gasteiger partial charge on any atom is 0.336 e. The van der Waals surface area contributed by atoms with Crippen LogP contribution in [-0.4, -0.2) is 54.1 Å². The molecule has 1 unspecified atom stereocenters. The molecule has 0 bridgehead atoms. The normalized spacial score (nSPS) is 14.1. The van der Waals surface area contributed by atoms with Crippen molar-refractivity contribution >= 4 is 29.5 Å². The number of methoxy groups -OCH3 is 1.